The summed E-state index contributed by atoms with van der Waals surface area (Å²) in [5.41, 5.74) is 0.192. The number of aliphatic imine (C=N–C) groups is 1. The van der Waals surface area contributed by atoms with Crippen molar-refractivity contribution in [1.29, 1.82) is 5.26 Å². The summed E-state index contributed by atoms with van der Waals surface area (Å²) in [4.78, 5) is 7.77. The molecule has 5 heteroatoms. The van der Waals surface area contributed by atoms with Crippen LogP contribution in [0.3, 0.4) is 0 Å². The fourth-order valence-corrected chi connectivity index (χ4v) is 0.826. The van der Waals surface area contributed by atoms with E-state index in [1.165, 1.54) is 6.40 Å². The van der Waals surface area contributed by atoms with Crippen molar-refractivity contribution in [3.8, 4) is 6.07 Å². The molecule has 5 nitrogen and oxygen atoms in total. The first-order valence-electron chi connectivity index (χ1n) is 4.35. The Morgan fingerprint density at radius 2 is 2.43 bits per heavy atom. The highest BCUT2D eigenvalue weighted by atomic mass is 16.5. The Balaban J connectivity index is 2.85. The first-order chi connectivity index (χ1) is 6.81. The number of nitrogens with zero attached hydrogens (tertiary/aromatic N) is 3. The van der Waals surface area contributed by atoms with Gasteiger partial charge in [-0.05, 0) is 6.92 Å². The molecule has 1 heterocycles. The number of nitriles is 1. The van der Waals surface area contributed by atoms with Gasteiger partial charge in [-0.25, -0.2) is 4.98 Å². The topological polar surface area (TPSA) is 71.4 Å². The van der Waals surface area contributed by atoms with Crippen molar-refractivity contribution >= 4 is 12.3 Å². The highest BCUT2D eigenvalue weighted by Gasteiger charge is 2.09. The molecule has 0 aliphatic carbocycles. The maximum Gasteiger partial charge on any atom is 0.260 e. The summed E-state index contributed by atoms with van der Waals surface area (Å²) in [6.45, 7) is 4.26. The van der Waals surface area contributed by atoms with E-state index in [0.29, 0.717) is 18.9 Å². The molecule has 0 fully saturated rings. The van der Waals surface area contributed by atoms with Gasteiger partial charge in [0.2, 0.25) is 5.69 Å². The van der Waals surface area contributed by atoms with Crippen LogP contribution in [-0.2, 0) is 11.2 Å². The number of hydrogen-bond donors (Lipinski definition) is 0. The van der Waals surface area contributed by atoms with Crippen molar-refractivity contribution < 1.29 is 9.15 Å². The molecule has 0 N–H and O–H groups in total. The molecule has 0 saturated carbocycles. The quantitative estimate of drug-likeness (QED) is 0.540. The van der Waals surface area contributed by atoms with Crippen LogP contribution in [0.25, 0.3) is 0 Å². The van der Waals surface area contributed by atoms with Gasteiger partial charge in [0.1, 0.15) is 6.07 Å². The first-order valence-corrected chi connectivity index (χ1v) is 4.35. The third kappa shape index (κ3) is 2.33. The Kier molecular flexibility index (Phi) is 3.68. The fourth-order valence-electron chi connectivity index (χ4n) is 0.826. The van der Waals surface area contributed by atoms with Crippen LogP contribution in [0.1, 0.15) is 25.4 Å². The average Bonchev–Trinajstić information content (AvgIpc) is 2.61. The highest BCUT2D eigenvalue weighted by molar-refractivity contribution is 5.55. The summed E-state index contributed by atoms with van der Waals surface area (Å²) < 4.78 is 10.1. The molecular weight excluding hydrogens is 182 g/mol. The lowest BCUT2D eigenvalue weighted by Crippen LogP contribution is -1.83. The van der Waals surface area contributed by atoms with Crippen molar-refractivity contribution in [2.45, 2.75) is 20.3 Å². The molecule has 0 radical (unpaired) electrons. The molecule has 1 rings (SSSR count). The van der Waals surface area contributed by atoms with E-state index in [0.717, 1.165) is 0 Å². The Morgan fingerprint density at radius 3 is 3.00 bits per heavy atom. The molecule has 0 saturated heterocycles. The monoisotopic (exact) mass is 193 g/mol. The van der Waals surface area contributed by atoms with Crippen LogP contribution in [0.5, 0.6) is 0 Å². The predicted octanol–water partition coefficient (Wildman–Crippen LogP) is 1.80. The first kappa shape index (κ1) is 10.3. The van der Waals surface area contributed by atoms with E-state index in [1.807, 2.05) is 19.9 Å². The molecular formula is C9H11N3O2. The number of ether oxygens (including phenoxy) is 1. The third-order valence-electron chi connectivity index (χ3n) is 1.47. The standard InChI is InChI=1S/C9H11N3O2/c1-3-8-12-7(5-10)9(14-8)11-6-13-4-2/h6H,3-4H2,1-2H3. The van der Waals surface area contributed by atoms with Gasteiger partial charge in [-0.1, -0.05) is 6.92 Å². The molecule has 14 heavy (non-hydrogen) atoms. The maximum atomic E-state index is 8.70. The minimum absolute atomic E-state index is 0.192. The maximum absolute atomic E-state index is 8.70. The predicted molar refractivity (Wildman–Crippen MR) is 50.4 cm³/mol. The summed E-state index contributed by atoms with van der Waals surface area (Å²) >= 11 is 0. The molecule has 0 spiro atoms. The lowest BCUT2D eigenvalue weighted by Gasteiger charge is -1.89. The molecule has 0 amide bonds. The highest BCUT2D eigenvalue weighted by Crippen LogP contribution is 2.19. The van der Waals surface area contributed by atoms with E-state index in [9.17, 15) is 0 Å². The van der Waals surface area contributed by atoms with Crippen molar-refractivity contribution in [3.05, 3.63) is 11.6 Å². The fraction of sp³-hybridized carbons (Fsp3) is 0.444. The molecule has 0 aromatic carbocycles. The van der Waals surface area contributed by atoms with Crippen LogP contribution in [0, 0.1) is 11.3 Å². The number of hydrogen-bond acceptors (Lipinski definition) is 5. The van der Waals surface area contributed by atoms with Gasteiger partial charge in [-0.2, -0.15) is 10.3 Å². The lowest BCUT2D eigenvalue weighted by molar-refractivity contribution is 0.343. The van der Waals surface area contributed by atoms with Gasteiger partial charge < -0.3 is 9.15 Å². The van der Waals surface area contributed by atoms with E-state index in [-0.39, 0.29) is 11.6 Å². The van der Waals surface area contributed by atoms with E-state index in [1.54, 1.807) is 0 Å². The van der Waals surface area contributed by atoms with E-state index >= 15 is 0 Å². The number of aromatic nitrogens is 1. The normalized spacial score (nSPS) is 10.4. The minimum atomic E-state index is 0.192. The van der Waals surface area contributed by atoms with Crippen molar-refractivity contribution in [3.63, 3.8) is 0 Å². The Morgan fingerprint density at radius 1 is 1.64 bits per heavy atom. The molecule has 74 valence electrons. The van der Waals surface area contributed by atoms with Crippen LogP contribution in [0.4, 0.5) is 5.88 Å². The van der Waals surface area contributed by atoms with Crippen molar-refractivity contribution in [2.75, 3.05) is 6.61 Å². The van der Waals surface area contributed by atoms with Crippen LogP contribution in [0.2, 0.25) is 0 Å². The number of oxazole rings is 1. The van der Waals surface area contributed by atoms with Crippen LogP contribution in [0.15, 0.2) is 9.41 Å². The molecule has 1 aromatic rings. The zero-order valence-electron chi connectivity index (χ0n) is 8.15. The van der Waals surface area contributed by atoms with Crippen molar-refractivity contribution in [1.82, 2.24) is 4.98 Å². The van der Waals surface area contributed by atoms with Gasteiger partial charge in [-0.3, -0.25) is 0 Å². The Labute approximate surface area is 82.0 Å². The van der Waals surface area contributed by atoms with Crippen LogP contribution >= 0.6 is 0 Å². The second kappa shape index (κ2) is 5.02. The van der Waals surface area contributed by atoms with Crippen LogP contribution in [-0.4, -0.2) is 18.0 Å². The van der Waals surface area contributed by atoms with Gasteiger partial charge in [0, 0.05) is 6.42 Å². The summed E-state index contributed by atoms with van der Waals surface area (Å²) in [5, 5.41) is 8.70. The summed E-state index contributed by atoms with van der Waals surface area (Å²) in [6, 6.07) is 1.90. The van der Waals surface area contributed by atoms with Gasteiger partial charge in [0.05, 0.1) is 6.61 Å². The van der Waals surface area contributed by atoms with Gasteiger partial charge in [-0.15, -0.1) is 0 Å². The van der Waals surface area contributed by atoms with Gasteiger partial charge in [0.15, 0.2) is 12.3 Å². The number of rotatable bonds is 4. The zero-order valence-corrected chi connectivity index (χ0v) is 8.15. The number of aryl methyl sites for hydroxylation is 1. The average molecular weight is 193 g/mol. The van der Waals surface area contributed by atoms with Crippen molar-refractivity contribution in [2.24, 2.45) is 4.99 Å². The largest absolute Gasteiger partial charge is 0.483 e. The lowest BCUT2D eigenvalue weighted by atomic mass is 10.5. The van der Waals surface area contributed by atoms with Crippen LogP contribution < -0.4 is 0 Å². The third-order valence-corrected chi connectivity index (χ3v) is 1.47. The van der Waals surface area contributed by atoms with Gasteiger partial charge in [0.25, 0.3) is 5.88 Å². The molecule has 1 aromatic heterocycles. The van der Waals surface area contributed by atoms with E-state index in [2.05, 4.69) is 9.98 Å². The SMILES string of the molecule is CCOC=Nc1oc(CC)nc1C#N. The summed E-state index contributed by atoms with van der Waals surface area (Å²) in [7, 11) is 0. The molecule has 0 aliphatic heterocycles. The van der Waals surface area contributed by atoms with E-state index in [4.69, 9.17) is 14.4 Å². The molecule has 0 aliphatic rings. The minimum Gasteiger partial charge on any atom is -0.483 e. The Hall–Kier alpha value is -1.83. The summed E-state index contributed by atoms with van der Waals surface area (Å²) in [6.07, 6.45) is 1.89. The smallest absolute Gasteiger partial charge is 0.260 e. The second-order valence-corrected chi connectivity index (χ2v) is 2.42. The zero-order chi connectivity index (χ0) is 10.4. The summed E-state index contributed by atoms with van der Waals surface area (Å²) in [5.74, 6) is 0.711. The molecule has 0 atom stereocenters. The van der Waals surface area contributed by atoms with E-state index < -0.39 is 0 Å². The Bertz CT molecular complexity index is 363. The second-order valence-electron chi connectivity index (χ2n) is 2.42. The molecule has 0 bridgehead atoms. The van der Waals surface area contributed by atoms with Gasteiger partial charge >= 0.3 is 0 Å². The molecule has 0 unspecified atom stereocenters.